The van der Waals surface area contributed by atoms with Crippen molar-refractivity contribution in [3.05, 3.63) is 241 Å². The lowest BCUT2D eigenvalue weighted by Gasteiger charge is -2.06. The molecule has 3 heterocycles. The highest BCUT2D eigenvalue weighted by atomic mass is 32.2. The van der Waals surface area contributed by atoms with E-state index in [9.17, 15) is 14.4 Å². The van der Waals surface area contributed by atoms with Crippen molar-refractivity contribution < 1.29 is 23.1 Å². The van der Waals surface area contributed by atoms with Crippen LogP contribution in [0.4, 0.5) is 0 Å². The van der Waals surface area contributed by atoms with Gasteiger partial charge in [-0.05, 0) is 128 Å². The first-order valence-corrected chi connectivity index (χ1v) is 34.2. The SMILES string of the molecule is CCCc1ccc(-c2nc(CSCC(=O)NCc3ccc(C)cc3)c(C)o2)cc1.CCCc1ccc(C2=NC(CSCC(=O)NCCc3ccccc3)=C(C)C2)cc1.CCCc1ccc(C2=NC(CSCC(=O)NCc3ccc(C)cc3)=C(C)C2)cc1.[HH].[HH].[HH]. The van der Waals surface area contributed by atoms with E-state index in [1.54, 1.807) is 35.3 Å². The van der Waals surface area contributed by atoms with E-state index in [1.807, 2.05) is 37.3 Å². The van der Waals surface area contributed by atoms with Crippen molar-refractivity contribution in [2.45, 2.75) is 132 Å². The summed E-state index contributed by atoms with van der Waals surface area (Å²) in [4.78, 5) is 50.6. The van der Waals surface area contributed by atoms with E-state index in [0.29, 0.717) is 48.5 Å². The van der Waals surface area contributed by atoms with E-state index in [0.717, 1.165) is 107 Å². The first-order valence-electron chi connectivity index (χ1n) is 30.7. The van der Waals surface area contributed by atoms with Gasteiger partial charge in [-0.15, -0.1) is 35.3 Å². The summed E-state index contributed by atoms with van der Waals surface area (Å²) < 4.78 is 5.85. The van der Waals surface area contributed by atoms with Gasteiger partial charge in [-0.3, -0.25) is 24.4 Å². The second-order valence-electron chi connectivity index (χ2n) is 22.4. The number of aliphatic imine (C=N–C) groups is 2. The van der Waals surface area contributed by atoms with Crippen LogP contribution in [-0.4, -0.2) is 69.4 Å². The molecule has 462 valence electrons. The Kier molecular flexibility index (Phi) is 28.0. The molecule has 0 radical (unpaired) electrons. The minimum atomic E-state index is 0. The van der Waals surface area contributed by atoms with Gasteiger partial charge in [0.2, 0.25) is 23.6 Å². The van der Waals surface area contributed by atoms with Gasteiger partial charge in [-0.1, -0.05) is 191 Å². The smallest absolute Gasteiger partial charge is 0.230 e. The van der Waals surface area contributed by atoms with Crippen molar-refractivity contribution in [3.8, 4) is 11.5 Å². The maximum Gasteiger partial charge on any atom is 0.230 e. The molecule has 6 aromatic carbocycles. The number of aryl methyl sites for hydroxylation is 6. The number of rotatable bonds is 28. The summed E-state index contributed by atoms with van der Waals surface area (Å²) in [6.07, 6.45) is 9.48. The molecule has 3 N–H and O–H groups in total. The molecule has 10 nitrogen and oxygen atoms in total. The molecule has 0 unspecified atom stereocenters. The number of allylic oxidation sites excluding steroid dienone is 2. The largest absolute Gasteiger partial charge is 0.441 e. The van der Waals surface area contributed by atoms with E-state index < -0.39 is 0 Å². The Balaban J connectivity index is 0.000000284. The number of benzene rings is 6. The molecule has 3 amide bonds. The summed E-state index contributed by atoms with van der Waals surface area (Å²) >= 11 is 4.82. The molecule has 0 fully saturated rings. The Morgan fingerprint density at radius 1 is 0.448 bits per heavy atom. The molecule has 13 heteroatoms. The maximum atomic E-state index is 12.1. The summed E-state index contributed by atoms with van der Waals surface area (Å²) in [6, 6.07) is 52.6. The number of nitrogens with zero attached hydrogens (tertiary/aromatic N) is 3. The minimum Gasteiger partial charge on any atom is -0.441 e. The van der Waals surface area contributed by atoms with Gasteiger partial charge in [-0.2, -0.15) is 0 Å². The molecule has 2 aliphatic heterocycles. The Bertz CT molecular complexity index is 3440. The molecule has 0 aliphatic carbocycles. The van der Waals surface area contributed by atoms with Gasteiger partial charge < -0.3 is 20.4 Å². The van der Waals surface area contributed by atoms with Crippen LogP contribution in [0.1, 0.15) is 138 Å². The number of carbonyl (C=O) groups excluding carboxylic acids is 3. The third kappa shape index (κ3) is 23.1. The number of nitrogens with one attached hydrogen (secondary N) is 3. The van der Waals surface area contributed by atoms with Gasteiger partial charge in [-0.25, -0.2) is 4.98 Å². The highest BCUT2D eigenvalue weighted by Gasteiger charge is 2.19. The number of oxazole rings is 1. The van der Waals surface area contributed by atoms with Crippen LogP contribution in [0.5, 0.6) is 0 Å². The number of aromatic nitrogens is 1. The van der Waals surface area contributed by atoms with Crippen LogP contribution >= 0.6 is 35.3 Å². The average Bonchev–Trinajstić information content (AvgIpc) is 3.30. The van der Waals surface area contributed by atoms with E-state index in [1.165, 1.54) is 68.5 Å². The molecule has 2 aliphatic rings. The monoisotopic (exact) mass is 1230 g/mol. The Morgan fingerprint density at radius 2 is 0.828 bits per heavy atom. The summed E-state index contributed by atoms with van der Waals surface area (Å²) in [5.74, 6) is 5.21. The molecule has 9 rings (SSSR count). The molecular formula is C74H94N6O4S3. The van der Waals surface area contributed by atoms with Gasteiger partial charge in [0.15, 0.2) is 0 Å². The molecule has 0 saturated heterocycles. The van der Waals surface area contributed by atoms with Crippen molar-refractivity contribution in [2.24, 2.45) is 9.98 Å². The Labute approximate surface area is 535 Å². The van der Waals surface area contributed by atoms with E-state index in [2.05, 4.69) is 191 Å². The summed E-state index contributed by atoms with van der Waals surface area (Å²) in [5, 5.41) is 8.96. The number of carbonyl (C=O) groups is 3. The van der Waals surface area contributed by atoms with Gasteiger partial charge in [0.05, 0.1) is 34.4 Å². The summed E-state index contributed by atoms with van der Waals surface area (Å²) in [5.41, 5.74) is 21.5. The van der Waals surface area contributed by atoms with Crippen LogP contribution < -0.4 is 16.0 Å². The molecule has 87 heavy (non-hydrogen) atoms. The number of amides is 3. The molecule has 0 saturated carbocycles. The summed E-state index contributed by atoms with van der Waals surface area (Å²) in [7, 11) is 0. The molecule has 0 atom stereocenters. The third-order valence-corrected chi connectivity index (χ3v) is 17.7. The van der Waals surface area contributed by atoms with Gasteiger partial charge in [0.1, 0.15) is 5.76 Å². The Hall–Kier alpha value is -7.19. The predicted octanol–water partition coefficient (Wildman–Crippen LogP) is 16.9. The molecular weight excluding hydrogens is 1130 g/mol. The highest BCUT2D eigenvalue weighted by Crippen LogP contribution is 2.29. The Morgan fingerprint density at radius 3 is 1.25 bits per heavy atom. The number of thioether (sulfide) groups is 3. The van der Waals surface area contributed by atoms with Crippen molar-refractivity contribution in [1.82, 2.24) is 20.9 Å². The first-order chi connectivity index (χ1) is 42.2. The first kappa shape index (κ1) is 67.3. The van der Waals surface area contributed by atoms with Gasteiger partial charge in [0.25, 0.3) is 0 Å². The van der Waals surface area contributed by atoms with Crippen LogP contribution in [0.15, 0.2) is 189 Å². The number of hydrogen-bond acceptors (Lipinski definition) is 10. The lowest BCUT2D eigenvalue weighted by Crippen LogP contribution is -2.27. The van der Waals surface area contributed by atoms with Crippen molar-refractivity contribution in [3.63, 3.8) is 0 Å². The van der Waals surface area contributed by atoms with Crippen LogP contribution in [-0.2, 0) is 58.9 Å². The quantitative estimate of drug-likeness (QED) is 0.0441. The van der Waals surface area contributed by atoms with E-state index in [4.69, 9.17) is 14.4 Å². The third-order valence-electron chi connectivity index (χ3n) is 14.9. The maximum absolute atomic E-state index is 12.1. The standard InChI is InChI=1S/2C25H30N2OS.C24H28N2O2S.3H2/c1-4-5-20-10-12-22(13-11-20)23-14-19(3)24(27-23)16-29-17-25(28)26-15-21-8-6-18(2)7-9-21;1-3-7-20-10-12-22(13-11-20)23-16-19(2)24(27-23)17-29-18-25(28)26-15-14-21-8-5-4-6-9-21;1-4-5-19-10-12-21(13-11-19)24-26-22(18(3)28-24)15-29-16-23(27)25-14-20-8-6-17(2)7-9-20;;;/h6-13H,4-5,14-17H2,1-3H3,(H,26,28);4-6,8-13H,3,7,14-18H2,1-2H3,(H,26,28);6-13H,4-5,14-16H2,1-3H3,(H,25,27);3*1H. The second-order valence-corrected chi connectivity index (χ2v) is 25.3. The van der Waals surface area contributed by atoms with Gasteiger partial charge >= 0.3 is 0 Å². The normalized spacial score (nSPS) is 12.6. The van der Waals surface area contributed by atoms with Crippen molar-refractivity contribution in [2.75, 3.05) is 35.3 Å². The van der Waals surface area contributed by atoms with Crippen molar-refractivity contribution >= 4 is 64.4 Å². The number of hydrogen-bond donors (Lipinski definition) is 3. The van der Waals surface area contributed by atoms with Gasteiger partial charge in [0, 0.05) is 71.0 Å². The fraction of sp³-hybridized carbons (Fsp3) is 0.351. The minimum absolute atomic E-state index is 0. The highest BCUT2D eigenvalue weighted by molar-refractivity contribution is 8.00. The zero-order chi connectivity index (χ0) is 61.8. The zero-order valence-corrected chi connectivity index (χ0v) is 54.8. The molecule has 1 aromatic heterocycles. The molecule has 0 bridgehead atoms. The van der Waals surface area contributed by atoms with Crippen LogP contribution in [0.25, 0.3) is 11.5 Å². The fourth-order valence-electron chi connectivity index (χ4n) is 9.72. The van der Waals surface area contributed by atoms with E-state index in [-0.39, 0.29) is 22.0 Å². The topological polar surface area (TPSA) is 138 Å². The zero-order valence-electron chi connectivity index (χ0n) is 52.4. The lowest BCUT2D eigenvalue weighted by molar-refractivity contribution is -0.119. The van der Waals surface area contributed by atoms with E-state index >= 15 is 0 Å². The van der Waals surface area contributed by atoms with Crippen LogP contribution in [0.2, 0.25) is 0 Å². The van der Waals surface area contributed by atoms with Crippen LogP contribution in [0.3, 0.4) is 0 Å². The fourth-order valence-corrected chi connectivity index (χ4v) is 12.4. The molecule has 7 aromatic rings. The summed E-state index contributed by atoms with van der Waals surface area (Å²) in [6.45, 7) is 18.7. The second kappa shape index (κ2) is 36.2. The predicted molar refractivity (Wildman–Crippen MR) is 376 cm³/mol. The van der Waals surface area contributed by atoms with Crippen LogP contribution in [0, 0.1) is 20.8 Å². The average molecular weight is 1230 g/mol. The molecule has 0 spiro atoms. The van der Waals surface area contributed by atoms with Crippen molar-refractivity contribution in [1.29, 1.82) is 0 Å². The lowest BCUT2D eigenvalue weighted by atomic mass is 10.0.